The second-order valence-electron chi connectivity index (χ2n) is 8.58. The zero-order valence-electron chi connectivity index (χ0n) is 16.9. The highest BCUT2D eigenvalue weighted by atomic mass is 16.2. The number of carbonyl (C=O) groups excluding carboxylic acids is 1. The van der Waals surface area contributed by atoms with E-state index in [9.17, 15) is 4.79 Å². The van der Waals surface area contributed by atoms with Gasteiger partial charge in [-0.05, 0) is 36.8 Å². The van der Waals surface area contributed by atoms with Gasteiger partial charge < -0.3 is 4.90 Å². The van der Waals surface area contributed by atoms with E-state index in [0.717, 1.165) is 11.1 Å². The van der Waals surface area contributed by atoms with Crippen LogP contribution in [0.25, 0.3) is 0 Å². The van der Waals surface area contributed by atoms with Crippen molar-refractivity contribution in [3.63, 3.8) is 0 Å². The summed E-state index contributed by atoms with van der Waals surface area (Å²) in [5.41, 5.74) is 2.24. The monoisotopic (exact) mass is 375 g/mol. The number of nitrogens with zero attached hydrogens (tertiary/aromatic N) is 1. The van der Waals surface area contributed by atoms with Crippen molar-refractivity contribution in [2.75, 3.05) is 0 Å². The maximum atomic E-state index is 14.2. The summed E-state index contributed by atoms with van der Waals surface area (Å²) in [7, 11) is 0. The van der Waals surface area contributed by atoms with Crippen LogP contribution in [0.3, 0.4) is 0 Å². The molecule has 0 spiro atoms. The van der Waals surface area contributed by atoms with E-state index in [-0.39, 0.29) is 5.92 Å². The minimum Gasteiger partial charge on any atom is -0.336 e. The van der Waals surface area contributed by atoms with E-state index in [1.807, 2.05) is 12.1 Å². The van der Waals surface area contributed by atoms with Crippen molar-refractivity contribution in [3.8, 4) is 0 Å². The topological polar surface area (TPSA) is 20.3 Å². The average Bonchev–Trinajstić information content (AvgIpc) is 2.77. The van der Waals surface area contributed by atoms with E-state index in [4.69, 9.17) is 0 Å². The molecule has 0 N–H and O–H groups in total. The van der Waals surface area contributed by atoms with Crippen LogP contribution in [0.4, 0.5) is 0 Å². The van der Waals surface area contributed by atoms with Crippen molar-refractivity contribution < 1.29 is 4.79 Å². The first-order valence-corrected chi connectivity index (χ1v) is 11.3. The molecule has 0 heterocycles. The normalized spacial score (nSPS) is 18.9. The molecule has 148 valence electrons. The summed E-state index contributed by atoms with van der Waals surface area (Å²) >= 11 is 0. The second kappa shape index (κ2) is 9.41. The smallest absolute Gasteiger partial charge is 0.235 e. The Labute approximate surface area is 170 Å². The molecule has 0 unspecified atom stereocenters. The van der Waals surface area contributed by atoms with Crippen LogP contribution >= 0.6 is 0 Å². The summed E-state index contributed by atoms with van der Waals surface area (Å²) in [6, 6.07) is 21.7. The van der Waals surface area contributed by atoms with E-state index in [2.05, 4.69) is 53.4 Å². The second-order valence-corrected chi connectivity index (χ2v) is 8.58. The quantitative estimate of drug-likeness (QED) is 0.599. The molecule has 1 amide bonds. The summed E-state index contributed by atoms with van der Waals surface area (Å²) in [4.78, 5) is 16.5. The number of benzene rings is 2. The molecule has 0 radical (unpaired) electrons. The highest BCUT2D eigenvalue weighted by Gasteiger charge is 2.37. The van der Waals surface area contributed by atoms with Gasteiger partial charge in [0.05, 0.1) is 5.92 Å². The van der Waals surface area contributed by atoms with Crippen molar-refractivity contribution in [3.05, 3.63) is 71.8 Å². The summed E-state index contributed by atoms with van der Waals surface area (Å²) < 4.78 is 0. The maximum absolute atomic E-state index is 14.2. The van der Waals surface area contributed by atoms with Gasteiger partial charge in [-0.15, -0.1) is 0 Å². The van der Waals surface area contributed by atoms with Crippen molar-refractivity contribution >= 4 is 5.91 Å². The maximum Gasteiger partial charge on any atom is 0.235 e. The third-order valence-electron chi connectivity index (χ3n) is 6.70. The first-order chi connectivity index (χ1) is 13.8. The molecule has 2 heteroatoms. The Bertz CT molecular complexity index is 672. The number of amides is 1. The molecular formula is C26H33NO. The Morgan fingerprint density at radius 2 is 1.04 bits per heavy atom. The van der Waals surface area contributed by atoms with Gasteiger partial charge in [-0.3, -0.25) is 4.79 Å². The molecule has 2 aliphatic rings. The zero-order valence-corrected chi connectivity index (χ0v) is 16.9. The summed E-state index contributed by atoms with van der Waals surface area (Å²) in [5.74, 6) is 0.141. The lowest BCUT2D eigenvalue weighted by atomic mass is 9.84. The number of hydrogen-bond donors (Lipinski definition) is 0. The Balaban J connectivity index is 1.70. The molecule has 0 aromatic heterocycles. The van der Waals surface area contributed by atoms with Crippen molar-refractivity contribution in [1.29, 1.82) is 0 Å². The molecule has 0 atom stereocenters. The Morgan fingerprint density at radius 1 is 0.643 bits per heavy atom. The van der Waals surface area contributed by atoms with Gasteiger partial charge in [-0.2, -0.15) is 0 Å². The fourth-order valence-corrected chi connectivity index (χ4v) is 5.29. The molecule has 2 aromatic rings. The molecule has 0 aliphatic heterocycles. The van der Waals surface area contributed by atoms with Gasteiger partial charge in [0.25, 0.3) is 0 Å². The van der Waals surface area contributed by atoms with E-state index < -0.39 is 0 Å². The first kappa shape index (κ1) is 19.2. The number of carbonyl (C=O) groups is 1. The molecule has 0 bridgehead atoms. The fraction of sp³-hybridized carbons (Fsp3) is 0.500. The van der Waals surface area contributed by atoms with Gasteiger partial charge in [0.1, 0.15) is 0 Å². The lowest BCUT2D eigenvalue weighted by Gasteiger charge is -2.43. The molecule has 2 aromatic carbocycles. The Morgan fingerprint density at radius 3 is 1.43 bits per heavy atom. The van der Waals surface area contributed by atoms with Crippen LogP contribution in [-0.4, -0.2) is 22.9 Å². The van der Waals surface area contributed by atoms with Gasteiger partial charge in [0.15, 0.2) is 0 Å². The third kappa shape index (κ3) is 4.32. The molecule has 2 nitrogen and oxygen atoms in total. The molecule has 2 saturated carbocycles. The van der Waals surface area contributed by atoms with E-state index >= 15 is 0 Å². The molecule has 2 aliphatic carbocycles. The third-order valence-corrected chi connectivity index (χ3v) is 6.70. The van der Waals surface area contributed by atoms with E-state index in [1.54, 1.807) is 0 Å². The Hall–Kier alpha value is -2.09. The minimum absolute atomic E-state index is 0.189. The highest BCUT2D eigenvalue weighted by molar-refractivity contribution is 5.87. The predicted octanol–water partition coefficient (Wildman–Crippen LogP) is 6.31. The van der Waals surface area contributed by atoms with Crippen LogP contribution in [0, 0.1) is 0 Å². The van der Waals surface area contributed by atoms with Gasteiger partial charge in [-0.1, -0.05) is 99.2 Å². The van der Waals surface area contributed by atoms with Crippen LogP contribution in [0.2, 0.25) is 0 Å². The first-order valence-electron chi connectivity index (χ1n) is 11.3. The summed E-state index contributed by atoms with van der Waals surface area (Å²) in [6.07, 6.45) is 12.4. The SMILES string of the molecule is O=C(C(c1ccccc1)c1ccccc1)N(C1CCCCC1)C1CCCCC1. The number of hydrogen-bond acceptors (Lipinski definition) is 1. The zero-order chi connectivity index (χ0) is 19.2. The van der Waals surface area contributed by atoms with Crippen LogP contribution < -0.4 is 0 Å². The predicted molar refractivity (Wildman–Crippen MR) is 115 cm³/mol. The molecule has 4 rings (SSSR count). The average molecular weight is 376 g/mol. The lowest BCUT2D eigenvalue weighted by molar-refractivity contribution is -0.138. The van der Waals surface area contributed by atoms with Crippen molar-refractivity contribution in [1.82, 2.24) is 4.90 Å². The van der Waals surface area contributed by atoms with Gasteiger partial charge in [0.2, 0.25) is 5.91 Å². The standard InChI is InChI=1S/C26H33NO/c28-26(25(21-13-5-1-6-14-21)22-15-7-2-8-16-22)27(23-17-9-3-10-18-23)24-19-11-4-12-20-24/h1-2,5-8,13-16,23-25H,3-4,9-12,17-20H2. The lowest BCUT2D eigenvalue weighted by Crippen LogP contribution is -2.50. The number of rotatable bonds is 5. The summed E-state index contributed by atoms with van der Waals surface area (Å²) in [6.45, 7) is 0. The summed E-state index contributed by atoms with van der Waals surface area (Å²) in [5, 5.41) is 0. The van der Waals surface area contributed by atoms with Gasteiger partial charge in [-0.25, -0.2) is 0 Å². The van der Waals surface area contributed by atoms with Crippen molar-refractivity contribution in [2.24, 2.45) is 0 Å². The van der Waals surface area contributed by atoms with Crippen LogP contribution in [0.5, 0.6) is 0 Å². The molecule has 0 saturated heterocycles. The van der Waals surface area contributed by atoms with Crippen LogP contribution in [-0.2, 0) is 4.79 Å². The molecule has 2 fully saturated rings. The highest BCUT2D eigenvalue weighted by Crippen LogP contribution is 2.35. The van der Waals surface area contributed by atoms with Crippen LogP contribution in [0.1, 0.15) is 81.3 Å². The van der Waals surface area contributed by atoms with Crippen LogP contribution in [0.15, 0.2) is 60.7 Å². The minimum atomic E-state index is -0.189. The molecular weight excluding hydrogens is 342 g/mol. The van der Waals surface area contributed by atoms with Gasteiger partial charge in [0, 0.05) is 12.1 Å². The van der Waals surface area contributed by atoms with Gasteiger partial charge >= 0.3 is 0 Å². The van der Waals surface area contributed by atoms with E-state index in [0.29, 0.717) is 18.0 Å². The van der Waals surface area contributed by atoms with E-state index in [1.165, 1.54) is 64.2 Å². The largest absolute Gasteiger partial charge is 0.336 e. The fourth-order valence-electron chi connectivity index (χ4n) is 5.29. The Kier molecular flexibility index (Phi) is 6.46. The molecule has 28 heavy (non-hydrogen) atoms. The van der Waals surface area contributed by atoms with Crippen molar-refractivity contribution in [2.45, 2.75) is 82.2 Å².